The van der Waals surface area contributed by atoms with Crippen molar-refractivity contribution in [3.05, 3.63) is 60.7 Å². The quantitative estimate of drug-likeness (QED) is 0.609. The third kappa shape index (κ3) is 4.72. The fourth-order valence-electron chi connectivity index (χ4n) is 2.47. The summed E-state index contributed by atoms with van der Waals surface area (Å²) < 4.78 is 56.1. The molecule has 10 heteroatoms. The summed E-state index contributed by atoms with van der Waals surface area (Å²) in [5.74, 6) is 0.511. The van der Waals surface area contributed by atoms with E-state index in [1.807, 2.05) is 0 Å². The molecule has 0 radical (unpaired) electrons. The van der Waals surface area contributed by atoms with E-state index in [0.717, 1.165) is 0 Å². The molecular weight excluding hydrogens is 414 g/mol. The van der Waals surface area contributed by atoms with Gasteiger partial charge in [0.2, 0.25) is 0 Å². The van der Waals surface area contributed by atoms with Gasteiger partial charge in [0.25, 0.3) is 10.0 Å². The van der Waals surface area contributed by atoms with E-state index in [-0.39, 0.29) is 15.7 Å². The van der Waals surface area contributed by atoms with Crippen molar-refractivity contribution in [2.75, 3.05) is 17.6 Å². The van der Waals surface area contributed by atoms with E-state index in [0.29, 0.717) is 22.7 Å². The highest BCUT2D eigenvalue weighted by Gasteiger charge is 2.16. The van der Waals surface area contributed by atoms with Crippen molar-refractivity contribution in [2.24, 2.45) is 0 Å². The zero-order valence-electron chi connectivity index (χ0n) is 15.7. The number of rotatable bonds is 7. The Kier molecular flexibility index (Phi) is 5.85. The lowest BCUT2D eigenvalue weighted by Crippen LogP contribution is -2.12. The Labute approximate surface area is 169 Å². The van der Waals surface area contributed by atoms with E-state index in [1.54, 1.807) is 42.5 Å². The Hall–Kier alpha value is -2.98. The van der Waals surface area contributed by atoms with Gasteiger partial charge in [0.05, 0.1) is 23.5 Å². The van der Waals surface area contributed by atoms with Crippen molar-refractivity contribution in [3.8, 4) is 17.0 Å². The van der Waals surface area contributed by atoms with E-state index in [2.05, 4.69) is 14.9 Å². The molecule has 1 heterocycles. The molecule has 0 bridgehead atoms. The molecule has 0 aliphatic heterocycles. The lowest BCUT2D eigenvalue weighted by Gasteiger charge is -2.09. The third-order valence-corrected chi connectivity index (χ3v) is 7.15. The fourth-order valence-corrected chi connectivity index (χ4v) is 4.26. The second-order valence-corrected chi connectivity index (χ2v) is 9.93. The van der Waals surface area contributed by atoms with Gasteiger partial charge in [-0.3, -0.25) is 4.72 Å². The summed E-state index contributed by atoms with van der Waals surface area (Å²) in [5, 5.41) is 7.65. The topological polar surface area (TPSA) is 115 Å². The molecule has 0 saturated heterocycles. The van der Waals surface area contributed by atoms with E-state index < -0.39 is 19.9 Å². The Morgan fingerprint density at radius 1 is 0.862 bits per heavy atom. The van der Waals surface area contributed by atoms with Crippen LogP contribution in [0.4, 0.5) is 5.69 Å². The standard InChI is InChI=1S/C19H19N3O5S2/c1-3-28(23,24)19-13-12-18(20-21-19)14-4-6-15(7-5-14)22-29(25,26)17-10-8-16(27-2)9-11-17/h4-13,22H,3H2,1-2H3. The first-order chi connectivity index (χ1) is 13.7. The molecule has 0 aliphatic rings. The van der Waals surface area contributed by atoms with Crippen LogP contribution in [0, 0.1) is 0 Å². The Morgan fingerprint density at radius 2 is 1.52 bits per heavy atom. The molecule has 0 aliphatic carbocycles. The lowest BCUT2D eigenvalue weighted by atomic mass is 10.1. The number of sulfonamides is 1. The van der Waals surface area contributed by atoms with Crippen LogP contribution in [0.25, 0.3) is 11.3 Å². The SMILES string of the molecule is CCS(=O)(=O)c1ccc(-c2ccc(NS(=O)(=O)c3ccc(OC)cc3)cc2)nn1. The molecule has 3 rings (SSSR count). The maximum absolute atomic E-state index is 12.5. The number of hydrogen-bond acceptors (Lipinski definition) is 7. The fraction of sp³-hybridized carbons (Fsp3) is 0.158. The Bertz CT molecular complexity index is 1190. The van der Waals surface area contributed by atoms with Gasteiger partial charge in [-0.05, 0) is 48.5 Å². The first-order valence-corrected chi connectivity index (χ1v) is 11.7. The summed E-state index contributed by atoms with van der Waals surface area (Å²) in [6, 6.07) is 15.5. The predicted octanol–water partition coefficient (Wildman–Crippen LogP) is 2.75. The average Bonchev–Trinajstić information content (AvgIpc) is 2.74. The molecular formula is C19H19N3O5S2. The van der Waals surface area contributed by atoms with Gasteiger partial charge in [-0.1, -0.05) is 19.1 Å². The van der Waals surface area contributed by atoms with Crippen molar-refractivity contribution in [1.82, 2.24) is 10.2 Å². The molecule has 0 fully saturated rings. The molecule has 0 unspecified atom stereocenters. The van der Waals surface area contributed by atoms with Gasteiger partial charge in [-0.15, -0.1) is 10.2 Å². The zero-order valence-corrected chi connectivity index (χ0v) is 17.4. The molecule has 0 spiro atoms. The van der Waals surface area contributed by atoms with Crippen molar-refractivity contribution >= 4 is 25.5 Å². The molecule has 1 N–H and O–H groups in total. The molecule has 29 heavy (non-hydrogen) atoms. The summed E-state index contributed by atoms with van der Waals surface area (Å²) in [7, 11) is -5.65. The van der Waals surface area contributed by atoms with Gasteiger partial charge < -0.3 is 4.74 Å². The smallest absolute Gasteiger partial charge is 0.261 e. The number of aromatic nitrogens is 2. The van der Waals surface area contributed by atoms with Crippen LogP contribution in [0.3, 0.4) is 0 Å². The monoisotopic (exact) mass is 433 g/mol. The second-order valence-electron chi connectivity index (χ2n) is 6.02. The number of anilines is 1. The van der Waals surface area contributed by atoms with Gasteiger partial charge in [-0.2, -0.15) is 0 Å². The van der Waals surface area contributed by atoms with Gasteiger partial charge >= 0.3 is 0 Å². The van der Waals surface area contributed by atoms with Crippen molar-refractivity contribution in [3.63, 3.8) is 0 Å². The van der Waals surface area contributed by atoms with Crippen LogP contribution < -0.4 is 9.46 Å². The van der Waals surface area contributed by atoms with Crippen LogP contribution in [0.15, 0.2) is 70.6 Å². The number of methoxy groups -OCH3 is 1. The number of hydrogen-bond donors (Lipinski definition) is 1. The number of ether oxygens (including phenoxy) is 1. The van der Waals surface area contributed by atoms with Crippen LogP contribution in [0.5, 0.6) is 5.75 Å². The number of nitrogens with zero attached hydrogens (tertiary/aromatic N) is 2. The van der Waals surface area contributed by atoms with Crippen LogP contribution in [0.1, 0.15) is 6.92 Å². The molecule has 0 atom stereocenters. The van der Waals surface area contributed by atoms with E-state index in [1.165, 1.54) is 32.2 Å². The number of benzene rings is 2. The predicted molar refractivity (Wildman–Crippen MR) is 109 cm³/mol. The van der Waals surface area contributed by atoms with E-state index >= 15 is 0 Å². The van der Waals surface area contributed by atoms with Crippen molar-refractivity contribution in [2.45, 2.75) is 16.8 Å². The van der Waals surface area contributed by atoms with Crippen LogP contribution in [-0.2, 0) is 19.9 Å². The maximum atomic E-state index is 12.5. The summed E-state index contributed by atoms with van der Waals surface area (Å²) in [6.07, 6.45) is 0. The number of nitrogens with one attached hydrogen (secondary N) is 1. The van der Waals surface area contributed by atoms with Crippen molar-refractivity contribution < 1.29 is 21.6 Å². The molecule has 0 saturated carbocycles. The summed E-state index contributed by atoms with van der Waals surface area (Å²) >= 11 is 0. The third-order valence-electron chi connectivity index (χ3n) is 4.14. The average molecular weight is 434 g/mol. The highest BCUT2D eigenvalue weighted by molar-refractivity contribution is 7.92. The normalized spacial score (nSPS) is 11.8. The van der Waals surface area contributed by atoms with Crippen LogP contribution >= 0.6 is 0 Å². The molecule has 8 nitrogen and oxygen atoms in total. The molecule has 3 aromatic rings. The first-order valence-electron chi connectivity index (χ1n) is 8.59. The van der Waals surface area contributed by atoms with E-state index in [9.17, 15) is 16.8 Å². The largest absolute Gasteiger partial charge is 0.497 e. The van der Waals surface area contributed by atoms with E-state index in [4.69, 9.17) is 4.74 Å². The summed E-state index contributed by atoms with van der Waals surface area (Å²) in [6.45, 7) is 1.54. The lowest BCUT2D eigenvalue weighted by molar-refractivity contribution is 0.414. The molecule has 0 amide bonds. The summed E-state index contributed by atoms with van der Waals surface area (Å²) in [5.41, 5.74) is 1.53. The van der Waals surface area contributed by atoms with Crippen LogP contribution in [0.2, 0.25) is 0 Å². The van der Waals surface area contributed by atoms with Crippen molar-refractivity contribution in [1.29, 1.82) is 0 Å². The van der Waals surface area contributed by atoms with Gasteiger partial charge in [0.1, 0.15) is 5.75 Å². The second kappa shape index (κ2) is 8.18. The van der Waals surface area contributed by atoms with Gasteiger partial charge in [0.15, 0.2) is 14.9 Å². The minimum atomic E-state index is -3.74. The first kappa shape index (κ1) is 20.7. The van der Waals surface area contributed by atoms with Gasteiger partial charge in [0, 0.05) is 11.3 Å². The summed E-state index contributed by atoms with van der Waals surface area (Å²) in [4.78, 5) is 0.112. The number of sulfone groups is 1. The molecule has 2 aromatic carbocycles. The van der Waals surface area contributed by atoms with Crippen LogP contribution in [-0.4, -0.2) is 39.9 Å². The highest BCUT2D eigenvalue weighted by atomic mass is 32.2. The maximum Gasteiger partial charge on any atom is 0.261 e. The minimum absolute atomic E-state index is 0.0515. The zero-order chi connectivity index (χ0) is 21.1. The highest BCUT2D eigenvalue weighted by Crippen LogP contribution is 2.23. The van der Waals surface area contributed by atoms with Gasteiger partial charge in [-0.25, -0.2) is 16.8 Å². The molecule has 152 valence electrons. The Balaban J connectivity index is 1.77. The minimum Gasteiger partial charge on any atom is -0.497 e. The Morgan fingerprint density at radius 3 is 2.03 bits per heavy atom. The molecule has 1 aromatic heterocycles.